The van der Waals surface area contributed by atoms with E-state index < -0.39 is 0 Å². The van der Waals surface area contributed by atoms with Crippen LogP contribution in [-0.4, -0.2) is 38.1 Å². The lowest BCUT2D eigenvalue weighted by atomic mass is 10.5. The molecule has 3 heteroatoms. The maximum Gasteiger partial charge on any atom is 0.0106 e. The van der Waals surface area contributed by atoms with E-state index in [1.807, 2.05) is 7.05 Å². The lowest BCUT2D eigenvalue weighted by Gasteiger charge is -2.16. The van der Waals surface area contributed by atoms with Crippen molar-refractivity contribution in [3.05, 3.63) is 0 Å². The first-order valence-electron chi connectivity index (χ1n) is 3.72. The Labute approximate surface area is 64.4 Å². The predicted molar refractivity (Wildman–Crippen MR) is 46.7 cm³/mol. The van der Waals surface area contributed by atoms with Crippen LogP contribution in [-0.2, 0) is 0 Å². The van der Waals surface area contributed by atoms with Gasteiger partial charge in [0.1, 0.15) is 0 Å². The Morgan fingerprint density at radius 1 is 1.20 bits per heavy atom. The molecule has 10 heavy (non-hydrogen) atoms. The molecule has 0 aromatic heterocycles. The first-order chi connectivity index (χ1) is 4.35. The minimum atomic E-state index is 0. The maximum atomic E-state index is 3.13. The molecule has 64 valence electrons. The number of nitrogens with zero attached hydrogens (tertiary/aromatic N) is 1. The molecular formula is C7H21N3. The number of likely N-dealkylation sites (N-methyl/N-ethyl adjacent to an activating group) is 2. The SMILES string of the molecule is CCN(CC)CCNC.N. The molecule has 4 N–H and O–H groups in total. The Morgan fingerprint density at radius 2 is 1.70 bits per heavy atom. The van der Waals surface area contributed by atoms with Crippen LogP contribution in [0.2, 0.25) is 0 Å². The van der Waals surface area contributed by atoms with E-state index in [1.54, 1.807) is 0 Å². The Bertz CT molecular complexity index is 52.8. The van der Waals surface area contributed by atoms with Crippen LogP contribution in [0.5, 0.6) is 0 Å². The molecule has 0 fully saturated rings. The van der Waals surface area contributed by atoms with Gasteiger partial charge in [-0.25, -0.2) is 0 Å². The fourth-order valence-corrected chi connectivity index (χ4v) is 0.810. The van der Waals surface area contributed by atoms with E-state index in [0.29, 0.717) is 0 Å². The summed E-state index contributed by atoms with van der Waals surface area (Å²) < 4.78 is 0. The fraction of sp³-hybridized carbons (Fsp3) is 1.00. The summed E-state index contributed by atoms with van der Waals surface area (Å²) in [5.74, 6) is 0. The van der Waals surface area contributed by atoms with Gasteiger partial charge >= 0.3 is 0 Å². The molecule has 0 rings (SSSR count). The van der Waals surface area contributed by atoms with Crippen LogP contribution in [0.1, 0.15) is 13.8 Å². The average molecular weight is 147 g/mol. The average Bonchev–Trinajstić information content (AvgIpc) is 1.91. The first kappa shape index (κ1) is 12.5. The highest BCUT2D eigenvalue weighted by atomic mass is 15.1. The van der Waals surface area contributed by atoms with Gasteiger partial charge in [0, 0.05) is 13.1 Å². The van der Waals surface area contributed by atoms with Gasteiger partial charge in [0.2, 0.25) is 0 Å². The fourth-order valence-electron chi connectivity index (χ4n) is 0.810. The summed E-state index contributed by atoms with van der Waals surface area (Å²) in [6.45, 7) is 8.99. The lowest BCUT2D eigenvalue weighted by molar-refractivity contribution is 0.305. The Morgan fingerprint density at radius 3 is 2.00 bits per heavy atom. The first-order valence-corrected chi connectivity index (χ1v) is 3.72. The second-order valence-corrected chi connectivity index (χ2v) is 2.13. The zero-order chi connectivity index (χ0) is 7.11. The normalized spacial score (nSPS) is 9.60. The van der Waals surface area contributed by atoms with Crippen molar-refractivity contribution in [3.8, 4) is 0 Å². The predicted octanol–water partition coefficient (Wildman–Crippen LogP) is 0.710. The van der Waals surface area contributed by atoms with E-state index in [2.05, 4.69) is 24.1 Å². The summed E-state index contributed by atoms with van der Waals surface area (Å²) >= 11 is 0. The van der Waals surface area contributed by atoms with Crippen LogP contribution in [0.4, 0.5) is 0 Å². The van der Waals surface area contributed by atoms with Crippen LogP contribution in [0.15, 0.2) is 0 Å². The van der Waals surface area contributed by atoms with Crippen LogP contribution < -0.4 is 11.5 Å². The van der Waals surface area contributed by atoms with Crippen LogP contribution in [0.3, 0.4) is 0 Å². The third-order valence-electron chi connectivity index (χ3n) is 1.57. The Balaban J connectivity index is 0. The van der Waals surface area contributed by atoms with Crippen molar-refractivity contribution in [2.45, 2.75) is 13.8 Å². The van der Waals surface area contributed by atoms with Crippen LogP contribution >= 0.6 is 0 Å². The van der Waals surface area contributed by atoms with Crippen LogP contribution in [0, 0.1) is 0 Å². The summed E-state index contributed by atoms with van der Waals surface area (Å²) in [6.07, 6.45) is 0. The molecule has 0 saturated heterocycles. The van der Waals surface area contributed by atoms with Crippen molar-refractivity contribution in [3.63, 3.8) is 0 Å². The highest BCUT2D eigenvalue weighted by Gasteiger charge is 1.94. The van der Waals surface area contributed by atoms with Crippen molar-refractivity contribution in [1.82, 2.24) is 16.4 Å². The van der Waals surface area contributed by atoms with E-state index in [0.717, 1.165) is 19.6 Å². The zero-order valence-electron chi connectivity index (χ0n) is 7.48. The number of nitrogens with one attached hydrogen (secondary N) is 1. The number of hydrogen-bond acceptors (Lipinski definition) is 3. The summed E-state index contributed by atoms with van der Waals surface area (Å²) in [5, 5.41) is 3.13. The standard InChI is InChI=1S/C7H18N2.H3N/c1-4-9(5-2)7-6-8-3;/h8H,4-7H2,1-3H3;1H3. The van der Waals surface area contributed by atoms with Crippen molar-refractivity contribution in [2.24, 2.45) is 0 Å². The van der Waals surface area contributed by atoms with Gasteiger partial charge in [0.25, 0.3) is 0 Å². The van der Waals surface area contributed by atoms with Gasteiger partial charge in [0.05, 0.1) is 0 Å². The van der Waals surface area contributed by atoms with Crippen molar-refractivity contribution >= 4 is 0 Å². The molecule has 0 aliphatic heterocycles. The molecule has 0 bridgehead atoms. The molecular weight excluding hydrogens is 126 g/mol. The third kappa shape index (κ3) is 6.01. The second-order valence-electron chi connectivity index (χ2n) is 2.13. The smallest absolute Gasteiger partial charge is 0.0106 e. The topological polar surface area (TPSA) is 50.3 Å². The summed E-state index contributed by atoms with van der Waals surface area (Å²) in [7, 11) is 1.99. The zero-order valence-corrected chi connectivity index (χ0v) is 7.48. The minimum absolute atomic E-state index is 0. The highest BCUT2D eigenvalue weighted by Crippen LogP contribution is 1.82. The van der Waals surface area contributed by atoms with E-state index in [9.17, 15) is 0 Å². The highest BCUT2D eigenvalue weighted by molar-refractivity contribution is 4.52. The van der Waals surface area contributed by atoms with Crippen LogP contribution in [0.25, 0.3) is 0 Å². The molecule has 0 radical (unpaired) electrons. The monoisotopic (exact) mass is 147 g/mol. The summed E-state index contributed by atoms with van der Waals surface area (Å²) in [4.78, 5) is 2.40. The Hall–Kier alpha value is -0.120. The number of hydrogen-bond donors (Lipinski definition) is 2. The van der Waals surface area contributed by atoms with E-state index >= 15 is 0 Å². The van der Waals surface area contributed by atoms with Gasteiger partial charge in [-0.05, 0) is 20.1 Å². The van der Waals surface area contributed by atoms with Gasteiger partial charge in [0.15, 0.2) is 0 Å². The largest absolute Gasteiger partial charge is 0.344 e. The molecule has 0 amide bonds. The quantitative estimate of drug-likeness (QED) is 0.602. The third-order valence-corrected chi connectivity index (χ3v) is 1.57. The van der Waals surface area contributed by atoms with Gasteiger partial charge in [-0.1, -0.05) is 13.8 Å². The van der Waals surface area contributed by atoms with Gasteiger partial charge < -0.3 is 16.4 Å². The molecule has 0 aromatic rings. The van der Waals surface area contributed by atoms with E-state index in [1.165, 1.54) is 6.54 Å². The van der Waals surface area contributed by atoms with Gasteiger partial charge in [-0.15, -0.1) is 0 Å². The molecule has 0 spiro atoms. The molecule has 0 aliphatic rings. The van der Waals surface area contributed by atoms with E-state index in [4.69, 9.17) is 0 Å². The minimum Gasteiger partial charge on any atom is -0.344 e. The summed E-state index contributed by atoms with van der Waals surface area (Å²) in [6, 6.07) is 0. The van der Waals surface area contributed by atoms with Crippen molar-refractivity contribution in [1.29, 1.82) is 0 Å². The van der Waals surface area contributed by atoms with Crippen molar-refractivity contribution < 1.29 is 0 Å². The summed E-state index contributed by atoms with van der Waals surface area (Å²) in [5.41, 5.74) is 0. The molecule has 0 atom stereocenters. The van der Waals surface area contributed by atoms with E-state index in [-0.39, 0.29) is 6.15 Å². The molecule has 0 aromatic carbocycles. The second kappa shape index (κ2) is 8.88. The number of rotatable bonds is 5. The Kier molecular flexibility index (Phi) is 11.1. The molecule has 0 saturated carbocycles. The maximum absolute atomic E-state index is 3.13. The molecule has 3 nitrogen and oxygen atoms in total. The lowest BCUT2D eigenvalue weighted by Crippen LogP contribution is -2.30. The molecule has 0 unspecified atom stereocenters. The van der Waals surface area contributed by atoms with Crippen molar-refractivity contribution in [2.75, 3.05) is 33.2 Å². The van der Waals surface area contributed by atoms with Gasteiger partial charge in [-0.2, -0.15) is 0 Å². The molecule has 0 heterocycles. The van der Waals surface area contributed by atoms with Gasteiger partial charge in [-0.3, -0.25) is 0 Å². The molecule has 0 aliphatic carbocycles.